The van der Waals surface area contributed by atoms with Gasteiger partial charge in [-0.1, -0.05) is 36.4 Å². The van der Waals surface area contributed by atoms with E-state index in [0.717, 1.165) is 6.08 Å². The second-order valence-corrected chi connectivity index (χ2v) is 6.17. The average molecular weight is 363 g/mol. The van der Waals surface area contributed by atoms with Crippen molar-refractivity contribution in [3.8, 4) is 0 Å². The Hall–Kier alpha value is -2.60. The minimum absolute atomic E-state index is 0.181. The molecule has 0 aliphatic heterocycles. The molecule has 0 amide bonds. The molecule has 0 aliphatic rings. The molecule has 6 heteroatoms. The number of aliphatic hydroxyl groups is 1. The highest BCUT2D eigenvalue weighted by Gasteiger charge is 2.55. The third-order valence-corrected chi connectivity index (χ3v) is 4.38. The molecule has 3 aromatic rings. The minimum atomic E-state index is -4.87. The van der Waals surface area contributed by atoms with E-state index in [4.69, 9.17) is 0 Å². The van der Waals surface area contributed by atoms with Crippen LogP contribution < -0.4 is 0 Å². The maximum absolute atomic E-state index is 13.6. The van der Waals surface area contributed by atoms with Crippen molar-refractivity contribution in [2.24, 2.45) is 0 Å². The summed E-state index contributed by atoms with van der Waals surface area (Å²) in [5, 5.41) is 10.8. The second kappa shape index (κ2) is 6.61. The van der Waals surface area contributed by atoms with Gasteiger partial charge >= 0.3 is 6.18 Å². The maximum Gasteiger partial charge on any atom is 0.421 e. The maximum atomic E-state index is 13.6. The largest absolute Gasteiger partial charge is 0.421 e. The molecule has 1 N–H and O–H groups in total. The third kappa shape index (κ3) is 3.12. The molecule has 1 atom stereocenters. The lowest BCUT2D eigenvalue weighted by Gasteiger charge is -2.29. The number of hydrogen-bond donors (Lipinski definition) is 1. The van der Waals surface area contributed by atoms with E-state index in [2.05, 4.69) is 6.58 Å². The van der Waals surface area contributed by atoms with Crippen molar-refractivity contribution in [1.29, 1.82) is 0 Å². The molecule has 0 spiro atoms. The van der Waals surface area contributed by atoms with Gasteiger partial charge in [0.15, 0.2) is 5.60 Å². The predicted octanol–water partition coefficient (Wildman–Crippen LogP) is 5.15. The smallest absolute Gasteiger partial charge is 0.376 e. The van der Waals surface area contributed by atoms with E-state index < -0.39 is 24.0 Å². The zero-order chi connectivity index (χ0) is 18.9. The molecule has 0 aliphatic carbocycles. The SMILES string of the molecule is C=CCC(O)(c1cn(Cc2cccc(F)c2)c2ccccc12)C(F)(F)F. The van der Waals surface area contributed by atoms with E-state index in [0.29, 0.717) is 16.5 Å². The molecular formula is C20H17F4NO. The molecule has 0 radical (unpaired) electrons. The number of benzene rings is 2. The molecule has 1 aromatic heterocycles. The average Bonchev–Trinajstić information content (AvgIpc) is 2.93. The lowest BCUT2D eigenvalue weighted by Crippen LogP contribution is -2.41. The van der Waals surface area contributed by atoms with Crippen LogP contribution in [0, 0.1) is 5.82 Å². The first-order valence-electron chi connectivity index (χ1n) is 7.99. The number of nitrogens with zero attached hydrogens (tertiary/aromatic N) is 1. The van der Waals surface area contributed by atoms with Gasteiger partial charge in [0.25, 0.3) is 0 Å². The van der Waals surface area contributed by atoms with Gasteiger partial charge in [0, 0.05) is 35.6 Å². The van der Waals surface area contributed by atoms with Crippen molar-refractivity contribution in [2.45, 2.75) is 24.7 Å². The van der Waals surface area contributed by atoms with Crippen molar-refractivity contribution in [2.75, 3.05) is 0 Å². The molecule has 2 aromatic carbocycles. The summed E-state index contributed by atoms with van der Waals surface area (Å²) in [4.78, 5) is 0. The zero-order valence-electron chi connectivity index (χ0n) is 13.8. The van der Waals surface area contributed by atoms with Crippen molar-refractivity contribution in [3.05, 3.63) is 84.3 Å². The van der Waals surface area contributed by atoms with E-state index in [-0.39, 0.29) is 12.1 Å². The highest BCUT2D eigenvalue weighted by molar-refractivity contribution is 5.85. The normalized spacial score (nSPS) is 14.3. The van der Waals surface area contributed by atoms with E-state index in [1.807, 2.05) is 0 Å². The number of aromatic nitrogens is 1. The van der Waals surface area contributed by atoms with Crippen LogP contribution in [0.4, 0.5) is 17.6 Å². The number of fused-ring (bicyclic) bond motifs is 1. The van der Waals surface area contributed by atoms with Crippen LogP contribution in [0.25, 0.3) is 10.9 Å². The highest BCUT2D eigenvalue weighted by Crippen LogP contribution is 2.45. The first-order chi connectivity index (χ1) is 12.3. The van der Waals surface area contributed by atoms with Crippen LogP contribution in [0.5, 0.6) is 0 Å². The number of rotatable bonds is 5. The summed E-state index contributed by atoms with van der Waals surface area (Å²) < 4.78 is 55.9. The standard InChI is InChI=1S/C20H17F4NO/c1-2-10-19(26,20(22,23)24)17-13-25(18-9-4-3-8-16(17)18)12-14-6-5-7-15(21)11-14/h2-9,11,13,26H,1,10,12H2. The number of para-hydroxylation sites is 1. The fraction of sp³-hybridized carbons (Fsp3) is 0.200. The summed E-state index contributed by atoms with van der Waals surface area (Å²) in [5.41, 5.74) is -2.14. The molecule has 1 heterocycles. The monoisotopic (exact) mass is 363 g/mol. The van der Waals surface area contributed by atoms with E-state index in [1.165, 1.54) is 24.4 Å². The quantitative estimate of drug-likeness (QED) is 0.492. The Morgan fingerprint density at radius 1 is 1.08 bits per heavy atom. The summed E-state index contributed by atoms with van der Waals surface area (Å²) in [7, 11) is 0. The fourth-order valence-electron chi connectivity index (χ4n) is 3.13. The summed E-state index contributed by atoms with van der Waals surface area (Å²) in [5.74, 6) is -0.419. The fourth-order valence-corrected chi connectivity index (χ4v) is 3.13. The van der Waals surface area contributed by atoms with Crippen molar-refractivity contribution >= 4 is 10.9 Å². The Morgan fingerprint density at radius 2 is 1.81 bits per heavy atom. The molecule has 136 valence electrons. The van der Waals surface area contributed by atoms with Crippen molar-refractivity contribution in [1.82, 2.24) is 4.57 Å². The molecule has 3 rings (SSSR count). The lowest BCUT2D eigenvalue weighted by atomic mass is 9.89. The zero-order valence-corrected chi connectivity index (χ0v) is 13.8. The van der Waals surface area contributed by atoms with Gasteiger partial charge in [-0.05, 0) is 23.8 Å². The van der Waals surface area contributed by atoms with Gasteiger partial charge in [0.2, 0.25) is 0 Å². The second-order valence-electron chi connectivity index (χ2n) is 6.17. The minimum Gasteiger partial charge on any atom is -0.376 e. The Labute approximate surface area is 148 Å². The molecule has 0 fully saturated rings. The highest BCUT2D eigenvalue weighted by atomic mass is 19.4. The molecular weight excluding hydrogens is 346 g/mol. The molecule has 0 saturated heterocycles. The van der Waals surface area contributed by atoms with Crippen molar-refractivity contribution in [3.63, 3.8) is 0 Å². The lowest BCUT2D eigenvalue weighted by molar-refractivity contribution is -0.264. The van der Waals surface area contributed by atoms with Gasteiger partial charge in [-0.15, -0.1) is 6.58 Å². The molecule has 0 bridgehead atoms. The van der Waals surface area contributed by atoms with Crippen LogP contribution in [0.3, 0.4) is 0 Å². The first-order valence-corrected chi connectivity index (χ1v) is 7.99. The van der Waals surface area contributed by atoms with Gasteiger partial charge in [-0.2, -0.15) is 13.2 Å². The first kappa shape index (κ1) is 18.2. The third-order valence-electron chi connectivity index (χ3n) is 4.38. The van der Waals surface area contributed by atoms with Gasteiger partial charge in [0.05, 0.1) is 0 Å². The van der Waals surface area contributed by atoms with E-state index in [1.54, 1.807) is 34.9 Å². The van der Waals surface area contributed by atoms with Crippen LogP contribution in [0.15, 0.2) is 67.4 Å². The summed E-state index contributed by atoms with van der Waals surface area (Å²) in [6.45, 7) is 3.52. The van der Waals surface area contributed by atoms with Crippen LogP contribution in [0.2, 0.25) is 0 Å². The van der Waals surface area contributed by atoms with Crippen LogP contribution >= 0.6 is 0 Å². The van der Waals surface area contributed by atoms with Gasteiger partial charge in [-0.25, -0.2) is 4.39 Å². The predicted molar refractivity (Wildman–Crippen MR) is 92.2 cm³/mol. The number of halogens is 4. The Morgan fingerprint density at radius 3 is 2.46 bits per heavy atom. The van der Waals surface area contributed by atoms with E-state index >= 15 is 0 Å². The number of hydrogen-bond acceptors (Lipinski definition) is 1. The van der Waals surface area contributed by atoms with Crippen LogP contribution in [-0.4, -0.2) is 15.8 Å². The molecule has 1 unspecified atom stereocenters. The Balaban J connectivity index is 2.17. The van der Waals surface area contributed by atoms with Gasteiger partial charge in [-0.3, -0.25) is 0 Å². The van der Waals surface area contributed by atoms with Crippen LogP contribution in [0.1, 0.15) is 17.5 Å². The molecule has 0 saturated carbocycles. The Kier molecular flexibility index (Phi) is 4.63. The topological polar surface area (TPSA) is 25.2 Å². The van der Waals surface area contributed by atoms with Gasteiger partial charge in [0.1, 0.15) is 5.82 Å². The summed E-state index contributed by atoms with van der Waals surface area (Å²) in [6, 6.07) is 12.4. The van der Waals surface area contributed by atoms with E-state index in [9.17, 15) is 22.7 Å². The Bertz CT molecular complexity index is 944. The summed E-state index contributed by atoms with van der Waals surface area (Å²) in [6.07, 6.45) is -3.20. The van der Waals surface area contributed by atoms with Crippen molar-refractivity contribution < 1.29 is 22.7 Å². The molecule has 2 nitrogen and oxygen atoms in total. The molecule has 26 heavy (non-hydrogen) atoms. The number of alkyl halides is 3. The van der Waals surface area contributed by atoms with Crippen LogP contribution in [-0.2, 0) is 12.1 Å². The van der Waals surface area contributed by atoms with Gasteiger partial charge < -0.3 is 9.67 Å². The summed E-state index contributed by atoms with van der Waals surface area (Å²) >= 11 is 0.